The van der Waals surface area contributed by atoms with Crippen LogP contribution in [-0.4, -0.2) is 18.6 Å². The second-order valence-corrected chi connectivity index (χ2v) is 4.77. The van der Waals surface area contributed by atoms with Gasteiger partial charge in [0.15, 0.2) is 0 Å². The number of thioether (sulfide) groups is 1. The minimum atomic E-state index is 0.812. The van der Waals surface area contributed by atoms with Crippen molar-refractivity contribution in [2.24, 2.45) is 0 Å². The highest BCUT2D eigenvalue weighted by atomic mass is 32.2. The molecule has 0 aromatic carbocycles. The fourth-order valence-electron chi connectivity index (χ4n) is 1.17. The summed E-state index contributed by atoms with van der Waals surface area (Å²) in [7, 11) is 0. The fraction of sp³-hybridized carbons (Fsp3) is 0.417. The summed E-state index contributed by atoms with van der Waals surface area (Å²) in [6, 6.07) is 0. The van der Waals surface area contributed by atoms with Crippen LogP contribution in [0.15, 0.2) is 34.4 Å². The van der Waals surface area contributed by atoms with E-state index >= 15 is 0 Å². The third-order valence-electron chi connectivity index (χ3n) is 2.02. The van der Waals surface area contributed by atoms with Gasteiger partial charge < -0.3 is 5.32 Å². The van der Waals surface area contributed by atoms with Gasteiger partial charge in [-0.25, -0.2) is 0 Å². The molecule has 0 amide bonds. The molecule has 0 saturated carbocycles. The summed E-state index contributed by atoms with van der Waals surface area (Å²) >= 11 is 1.75. The molecule has 1 aliphatic rings. The Hall–Kier alpha value is -0.960. The third kappa shape index (κ3) is 4.88. The maximum Gasteiger partial charge on any atom is 0.146 e. The van der Waals surface area contributed by atoms with Crippen LogP contribution in [-0.2, 0) is 4.79 Å². The number of rotatable bonds is 4. The van der Waals surface area contributed by atoms with Crippen LogP contribution in [0.4, 0.5) is 0 Å². The van der Waals surface area contributed by atoms with E-state index in [0.717, 1.165) is 35.5 Å². The van der Waals surface area contributed by atoms with Crippen LogP contribution in [0.2, 0.25) is 0 Å². The number of carbonyl (C=O) groups is 1. The Morgan fingerprint density at radius 1 is 1.60 bits per heavy atom. The van der Waals surface area contributed by atoms with Crippen LogP contribution in [0.1, 0.15) is 20.3 Å². The molecule has 0 saturated heterocycles. The Kier molecular flexibility index (Phi) is 5.26. The van der Waals surface area contributed by atoms with Crippen LogP contribution < -0.4 is 5.32 Å². The van der Waals surface area contributed by atoms with Gasteiger partial charge >= 0.3 is 0 Å². The van der Waals surface area contributed by atoms with Gasteiger partial charge in [0, 0.05) is 23.4 Å². The van der Waals surface area contributed by atoms with E-state index in [1.165, 1.54) is 5.57 Å². The molecule has 1 rings (SSSR count). The monoisotopic (exact) mass is 223 g/mol. The number of hydrogen-bond donors (Lipinski definition) is 1. The van der Waals surface area contributed by atoms with E-state index in [-0.39, 0.29) is 0 Å². The van der Waals surface area contributed by atoms with Crippen molar-refractivity contribution in [2.45, 2.75) is 20.3 Å². The Balaban J connectivity index is 2.55. The highest BCUT2D eigenvalue weighted by Crippen LogP contribution is 2.20. The summed E-state index contributed by atoms with van der Waals surface area (Å²) in [6.07, 6.45) is 7.90. The first-order valence-electron chi connectivity index (χ1n) is 5.08. The van der Waals surface area contributed by atoms with Crippen LogP contribution in [0, 0.1) is 0 Å². The topological polar surface area (TPSA) is 29.1 Å². The Labute approximate surface area is 95.5 Å². The number of hydrogen-bond acceptors (Lipinski definition) is 3. The molecule has 0 aliphatic carbocycles. The van der Waals surface area contributed by atoms with E-state index in [0.29, 0.717) is 0 Å². The van der Waals surface area contributed by atoms with Crippen LogP contribution in [0.25, 0.3) is 0 Å². The quantitative estimate of drug-likeness (QED) is 0.587. The van der Waals surface area contributed by atoms with Gasteiger partial charge in [0.2, 0.25) is 0 Å². The van der Waals surface area contributed by atoms with Crippen molar-refractivity contribution < 1.29 is 4.79 Å². The first-order valence-corrected chi connectivity index (χ1v) is 6.06. The van der Waals surface area contributed by atoms with E-state index in [9.17, 15) is 4.79 Å². The molecule has 1 heterocycles. The van der Waals surface area contributed by atoms with Gasteiger partial charge in [-0.1, -0.05) is 11.6 Å². The second kappa shape index (κ2) is 6.51. The molecule has 0 spiro atoms. The number of carbonyl (C=O) groups excluding carboxylic acids is 1. The van der Waals surface area contributed by atoms with Crippen LogP contribution in [0.5, 0.6) is 0 Å². The van der Waals surface area contributed by atoms with Crippen molar-refractivity contribution in [1.29, 1.82) is 0 Å². The summed E-state index contributed by atoms with van der Waals surface area (Å²) in [5.74, 6) is 0.957. The first kappa shape index (κ1) is 12.1. The molecule has 0 radical (unpaired) electrons. The minimum Gasteiger partial charge on any atom is -0.390 e. The summed E-state index contributed by atoms with van der Waals surface area (Å²) in [4.78, 5) is 11.8. The average Bonchev–Trinajstić information content (AvgIpc) is 2.42. The Morgan fingerprint density at radius 2 is 2.40 bits per heavy atom. The van der Waals surface area contributed by atoms with E-state index in [2.05, 4.69) is 25.2 Å². The number of aldehydes is 1. The molecular formula is C12H17NOS. The zero-order valence-corrected chi connectivity index (χ0v) is 10.1. The van der Waals surface area contributed by atoms with Gasteiger partial charge in [0.1, 0.15) is 6.29 Å². The lowest BCUT2D eigenvalue weighted by Gasteiger charge is -1.99. The SMILES string of the molecule is CC(C)=CCSC1=CNCCC(C=O)=C1. The van der Waals surface area contributed by atoms with E-state index in [1.807, 2.05) is 12.3 Å². The van der Waals surface area contributed by atoms with Gasteiger partial charge in [-0.3, -0.25) is 4.79 Å². The lowest BCUT2D eigenvalue weighted by Crippen LogP contribution is -2.06. The van der Waals surface area contributed by atoms with Crippen molar-refractivity contribution in [1.82, 2.24) is 5.32 Å². The molecule has 0 bridgehead atoms. The highest BCUT2D eigenvalue weighted by molar-refractivity contribution is 8.03. The molecule has 0 atom stereocenters. The van der Waals surface area contributed by atoms with Gasteiger partial charge in [0.05, 0.1) is 0 Å². The highest BCUT2D eigenvalue weighted by Gasteiger charge is 2.02. The van der Waals surface area contributed by atoms with E-state index in [4.69, 9.17) is 0 Å². The maximum absolute atomic E-state index is 10.7. The lowest BCUT2D eigenvalue weighted by atomic mass is 10.2. The molecule has 2 nitrogen and oxygen atoms in total. The molecule has 0 aromatic rings. The third-order valence-corrected chi connectivity index (χ3v) is 2.93. The van der Waals surface area contributed by atoms with Crippen LogP contribution >= 0.6 is 11.8 Å². The molecule has 3 heteroatoms. The summed E-state index contributed by atoms with van der Waals surface area (Å²) in [5, 5.41) is 3.19. The van der Waals surface area contributed by atoms with Crippen LogP contribution in [0.3, 0.4) is 0 Å². The minimum absolute atomic E-state index is 0.812. The Bertz CT molecular complexity index is 312. The first-order chi connectivity index (χ1) is 7.22. The summed E-state index contributed by atoms with van der Waals surface area (Å²) < 4.78 is 0. The van der Waals surface area contributed by atoms with Gasteiger partial charge in [-0.2, -0.15) is 0 Å². The molecule has 0 aromatic heterocycles. The molecule has 0 unspecified atom stereocenters. The van der Waals surface area contributed by atoms with Gasteiger partial charge in [-0.05, 0) is 31.9 Å². The predicted octanol–water partition coefficient (Wildman–Crippen LogP) is 2.65. The zero-order valence-electron chi connectivity index (χ0n) is 9.25. The van der Waals surface area contributed by atoms with Gasteiger partial charge in [-0.15, -0.1) is 11.8 Å². The molecule has 1 aliphatic heterocycles. The maximum atomic E-state index is 10.7. The number of nitrogens with one attached hydrogen (secondary N) is 1. The normalized spacial score (nSPS) is 15.6. The molecule has 0 fully saturated rings. The largest absolute Gasteiger partial charge is 0.390 e. The lowest BCUT2D eigenvalue weighted by molar-refractivity contribution is -0.105. The summed E-state index contributed by atoms with van der Waals surface area (Å²) in [5.41, 5.74) is 2.19. The van der Waals surface area contributed by atoms with Crippen molar-refractivity contribution >= 4 is 18.0 Å². The van der Waals surface area contributed by atoms with Crippen molar-refractivity contribution in [3.05, 3.63) is 34.4 Å². The van der Waals surface area contributed by atoms with Crippen molar-refractivity contribution in [2.75, 3.05) is 12.3 Å². The average molecular weight is 223 g/mol. The van der Waals surface area contributed by atoms with Gasteiger partial charge in [0.25, 0.3) is 0 Å². The molecule has 15 heavy (non-hydrogen) atoms. The fourth-order valence-corrected chi connectivity index (χ4v) is 2.18. The summed E-state index contributed by atoms with van der Waals surface area (Å²) in [6.45, 7) is 5.03. The zero-order chi connectivity index (χ0) is 11.1. The molecular weight excluding hydrogens is 206 g/mol. The smallest absolute Gasteiger partial charge is 0.146 e. The van der Waals surface area contributed by atoms with Crippen molar-refractivity contribution in [3.8, 4) is 0 Å². The van der Waals surface area contributed by atoms with E-state index < -0.39 is 0 Å². The van der Waals surface area contributed by atoms with E-state index in [1.54, 1.807) is 11.8 Å². The van der Waals surface area contributed by atoms with Crippen molar-refractivity contribution in [3.63, 3.8) is 0 Å². The predicted molar refractivity (Wildman–Crippen MR) is 66.7 cm³/mol. The standard InChI is InChI=1S/C12H17NOS/c1-10(2)4-6-15-12-7-11(9-14)3-5-13-8-12/h4,7-9,13H,3,5-6H2,1-2H3. The molecule has 1 N–H and O–H groups in total. The Morgan fingerprint density at radius 3 is 3.07 bits per heavy atom. The molecule has 82 valence electrons. The number of allylic oxidation sites excluding steroid dienone is 2. The second-order valence-electron chi connectivity index (χ2n) is 3.68.